The van der Waals surface area contributed by atoms with Crippen LogP contribution in [0.4, 0.5) is 0 Å². The Morgan fingerprint density at radius 2 is 1.64 bits per heavy atom. The average Bonchev–Trinajstić information content (AvgIpc) is 3.23. The highest BCUT2D eigenvalue weighted by Crippen LogP contribution is 2.12. The van der Waals surface area contributed by atoms with Gasteiger partial charge in [-0.3, -0.25) is 18.7 Å². The molecule has 170 valence electrons. The molecule has 2 aromatic carbocycles. The summed E-state index contributed by atoms with van der Waals surface area (Å²) in [5.74, 6) is 0.000789. The second kappa shape index (κ2) is 9.40. The minimum atomic E-state index is -0.537. The van der Waals surface area contributed by atoms with Crippen molar-refractivity contribution in [3.8, 4) is 0 Å². The fraction of sp³-hybridized carbons (Fsp3) is 0.308. The average molecular weight is 445 g/mol. The Hall–Kier alpha value is -3.74. The number of rotatable bonds is 8. The lowest BCUT2D eigenvalue weighted by molar-refractivity contribution is 0.0968. The third-order valence-corrected chi connectivity index (χ3v) is 5.71. The Bertz CT molecular complexity index is 1390. The van der Waals surface area contributed by atoms with Gasteiger partial charge in [-0.05, 0) is 23.5 Å². The van der Waals surface area contributed by atoms with Crippen LogP contribution in [0, 0.1) is 5.92 Å². The maximum atomic E-state index is 13.4. The van der Waals surface area contributed by atoms with E-state index in [1.54, 1.807) is 23.0 Å². The Morgan fingerprint density at radius 1 is 0.939 bits per heavy atom. The highest BCUT2D eigenvalue weighted by Gasteiger charge is 2.20. The molecule has 0 aliphatic rings. The van der Waals surface area contributed by atoms with Crippen LogP contribution in [0.3, 0.4) is 0 Å². The summed E-state index contributed by atoms with van der Waals surface area (Å²) in [7, 11) is 0. The molecule has 0 aliphatic carbocycles. The number of aromatic nitrogens is 4. The van der Waals surface area contributed by atoms with E-state index in [0.29, 0.717) is 23.3 Å². The fourth-order valence-electron chi connectivity index (χ4n) is 3.98. The molecule has 4 aromatic rings. The van der Waals surface area contributed by atoms with Gasteiger partial charge in [0, 0.05) is 12.1 Å². The van der Waals surface area contributed by atoms with Crippen molar-refractivity contribution in [3.63, 3.8) is 0 Å². The van der Waals surface area contributed by atoms with Gasteiger partial charge in [0.25, 0.3) is 5.56 Å². The first-order valence-corrected chi connectivity index (χ1v) is 11.2. The number of benzene rings is 2. The number of ketones is 1. The number of imidazole rings is 1. The second-order valence-electron chi connectivity index (χ2n) is 8.68. The number of carbonyl (C=O) groups is 1. The smallest absolute Gasteiger partial charge is 0.324 e. The van der Waals surface area contributed by atoms with Crippen molar-refractivity contribution in [1.29, 1.82) is 0 Å². The number of carbonyl (C=O) groups excluding carboxylic acids is 1. The molecular formula is C26H28N4O3. The van der Waals surface area contributed by atoms with Crippen LogP contribution in [-0.2, 0) is 26.1 Å². The topological polar surface area (TPSA) is 78.9 Å². The van der Waals surface area contributed by atoms with Gasteiger partial charge < -0.3 is 4.57 Å². The molecule has 0 unspecified atom stereocenters. The van der Waals surface area contributed by atoms with Gasteiger partial charge in [-0.15, -0.1) is 0 Å². The number of nitrogens with zero attached hydrogens (tertiary/aromatic N) is 4. The summed E-state index contributed by atoms with van der Waals surface area (Å²) in [4.78, 5) is 44.3. The minimum absolute atomic E-state index is 0.258. The van der Waals surface area contributed by atoms with Crippen LogP contribution >= 0.6 is 0 Å². The van der Waals surface area contributed by atoms with Crippen LogP contribution in [0.2, 0.25) is 0 Å². The molecule has 0 saturated carbocycles. The summed E-state index contributed by atoms with van der Waals surface area (Å²) >= 11 is 0. The predicted octanol–water partition coefficient (Wildman–Crippen LogP) is 3.51. The van der Waals surface area contributed by atoms with Crippen LogP contribution in [0.5, 0.6) is 0 Å². The molecule has 0 aliphatic heterocycles. The minimum Gasteiger partial charge on any atom is -0.324 e. The molecule has 7 heteroatoms. The SMILES string of the molecule is CCc1ccc(C(=O)Cn2c(=O)c3c(ncn3CC(C)C)n(Cc3ccccc3)c2=O)cc1. The molecule has 2 heterocycles. The molecule has 0 radical (unpaired) electrons. The Morgan fingerprint density at radius 3 is 2.27 bits per heavy atom. The molecule has 7 nitrogen and oxygen atoms in total. The summed E-state index contributed by atoms with van der Waals surface area (Å²) in [6.45, 7) is 6.67. The van der Waals surface area contributed by atoms with Gasteiger partial charge >= 0.3 is 5.69 Å². The number of hydrogen-bond donors (Lipinski definition) is 0. The van der Waals surface area contributed by atoms with Crippen molar-refractivity contribution < 1.29 is 4.79 Å². The molecule has 0 bridgehead atoms. The van der Waals surface area contributed by atoms with Gasteiger partial charge in [0.05, 0.1) is 19.4 Å². The van der Waals surface area contributed by atoms with Crippen LogP contribution < -0.4 is 11.2 Å². The predicted molar refractivity (Wildman–Crippen MR) is 129 cm³/mol. The molecule has 0 amide bonds. The zero-order chi connectivity index (χ0) is 23.5. The van der Waals surface area contributed by atoms with Crippen LogP contribution in [0.1, 0.15) is 42.3 Å². The van der Waals surface area contributed by atoms with Crippen molar-refractivity contribution >= 4 is 16.9 Å². The standard InChI is InChI=1S/C26H28N4O3/c1-4-19-10-12-21(13-11-19)22(31)16-30-25(32)23-24(27-17-28(23)14-18(2)3)29(26(30)33)15-20-8-6-5-7-9-20/h5-13,17-18H,4,14-16H2,1-3H3. The second-order valence-corrected chi connectivity index (χ2v) is 8.68. The third kappa shape index (κ3) is 4.58. The van der Waals surface area contributed by atoms with Crippen molar-refractivity contribution in [3.05, 3.63) is 98.5 Å². The molecule has 0 fully saturated rings. The molecule has 0 atom stereocenters. The largest absolute Gasteiger partial charge is 0.333 e. The first-order chi connectivity index (χ1) is 15.9. The summed E-state index contributed by atoms with van der Waals surface area (Å²) in [6, 6.07) is 16.8. The lowest BCUT2D eigenvalue weighted by atomic mass is 10.1. The molecule has 33 heavy (non-hydrogen) atoms. The van der Waals surface area contributed by atoms with E-state index >= 15 is 0 Å². The van der Waals surface area contributed by atoms with E-state index in [-0.39, 0.29) is 24.8 Å². The van der Waals surface area contributed by atoms with E-state index in [0.717, 1.165) is 22.1 Å². The van der Waals surface area contributed by atoms with Crippen molar-refractivity contribution in [2.45, 2.75) is 46.8 Å². The quantitative estimate of drug-likeness (QED) is 0.390. The summed E-state index contributed by atoms with van der Waals surface area (Å²) in [6.07, 6.45) is 2.47. The van der Waals surface area contributed by atoms with E-state index in [1.807, 2.05) is 63.2 Å². The van der Waals surface area contributed by atoms with Crippen molar-refractivity contribution in [2.75, 3.05) is 0 Å². The Balaban J connectivity index is 1.84. The summed E-state index contributed by atoms with van der Waals surface area (Å²) in [5.41, 5.74) is 2.15. The van der Waals surface area contributed by atoms with Crippen LogP contribution in [0.25, 0.3) is 11.2 Å². The molecular weight excluding hydrogens is 416 g/mol. The maximum Gasteiger partial charge on any atom is 0.333 e. The van der Waals surface area contributed by atoms with E-state index in [9.17, 15) is 14.4 Å². The zero-order valence-electron chi connectivity index (χ0n) is 19.2. The molecule has 0 N–H and O–H groups in total. The highest BCUT2D eigenvalue weighted by molar-refractivity contribution is 5.96. The number of aryl methyl sites for hydroxylation is 1. The highest BCUT2D eigenvalue weighted by atomic mass is 16.2. The number of Topliss-reactive ketones (excluding diaryl/α,β-unsaturated/α-hetero) is 1. The van der Waals surface area contributed by atoms with Gasteiger partial charge in [-0.2, -0.15) is 0 Å². The van der Waals surface area contributed by atoms with Gasteiger partial charge in [-0.1, -0.05) is 75.4 Å². The summed E-state index contributed by atoms with van der Waals surface area (Å²) < 4.78 is 4.30. The monoisotopic (exact) mass is 444 g/mol. The van der Waals surface area contributed by atoms with Crippen molar-refractivity contribution in [2.24, 2.45) is 5.92 Å². The lowest BCUT2D eigenvalue weighted by Crippen LogP contribution is -2.42. The van der Waals surface area contributed by atoms with E-state index < -0.39 is 11.2 Å². The van der Waals surface area contributed by atoms with Gasteiger partial charge in [0.15, 0.2) is 16.9 Å². The number of fused-ring (bicyclic) bond motifs is 1. The Kier molecular flexibility index (Phi) is 6.40. The molecule has 0 saturated heterocycles. The van der Waals surface area contributed by atoms with Crippen LogP contribution in [0.15, 0.2) is 70.5 Å². The first-order valence-electron chi connectivity index (χ1n) is 11.2. The van der Waals surface area contributed by atoms with E-state index in [4.69, 9.17) is 0 Å². The fourth-order valence-corrected chi connectivity index (χ4v) is 3.98. The van der Waals surface area contributed by atoms with E-state index in [2.05, 4.69) is 4.98 Å². The molecule has 2 aromatic heterocycles. The molecule has 0 spiro atoms. The van der Waals surface area contributed by atoms with Crippen LogP contribution in [-0.4, -0.2) is 24.5 Å². The van der Waals surface area contributed by atoms with Gasteiger partial charge in [-0.25, -0.2) is 9.78 Å². The van der Waals surface area contributed by atoms with E-state index in [1.165, 1.54) is 4.57 Å². The normalized spacial score (nSPS) is 11.4. The Labute approximate surface area is 191 Å². The van der Waals surface area contributed by atoms with Gasteiger partial charge in [0.2, 0.25) is 0 Å². The molecule has 4 rings (SSSR count). The van der Waals surface area contributed by atoms with Crippen molar-refractivity contribution in [1.82, 2.24) is 18.7 Å². The number of hydrogen-bond acceptors (Lipinski definition) is 4. The first kappa shape index (κ1) is 22.5. The zero-order valence-corrected chi connectivity index (χ0v) is 19.2. The lowest BCUT2D eigenvalue weighted by Gasteiger charge is -2.13. The van der Waals surface area contributed by atoms with Gasteiger partial charge in [0.1, 0.15) is 0 Å². The maximum absolute atomic E-state index is 13.4. The summed E-state index contributed by atoms with van der Waals surface area (Å²) in [5, 5.41) is 0. The third-order valence-electron chi connectivity index (χ3n) is 5.71.